The van der Waals surface area contributed by atoms with Crippen LogP contribution in [0.3, 0.4) is 0 Å². The maximum absolute atomic E-state index is 9.44. The molecule has 1 aliphatic rings. The van der Waals surface area contributed by atoms with Gasteiger partial charge in [-0.2, -0.15) is 0 Å². The minimum Gasteiger partial charge on any atom is -0.389 e. The zero-order valence-electron chi connectivity index (χ0n) is 10.9. The minimum atomic E-state index is -0.293. The van der Waals surface area contributed by atoms with E-state index in [1.165, 1.54) is 19.3 Å². The average molecular weight is 210 g/mol. The summed E-state index contributed by atoms with van der Waals surface area (Å²) < 4.78 is 0. The van der Waals surface area contributed by atoms with Crippen LogP contribution in [-0.2, 0) is 0 Å². The zero-order valence-corrected chi connectivity index (χ0v) is 10.9. The fraction of sp³-hybridized carbons (Fsp3) is 0.857. The predicted octanol–water partition coefficient (Wildman–Crippen LogP) is 3.92. The molecule has 1 fully saturated rings. The van der Waals surface area contributed by atoms with Crippen LogP contribution in [0.15, 0.2) is 11.6 Å². The van der Waals surface area contributed by atoms with Crippen LogP contribution in [-0.4, -0.2) is 11.2 Å². The van der Waals surface area contributed by atoms with E-state index in [2.05, 4.69) is 26.8 Å². The highest BCUT2D eigenvalue weighted by atomic mass is 16.3. The second-order valence-corrected chi connectivity index (χ2v) is 6.13. The largest absolute Gasteiger partial charge is 0.389 e. The Balaban J connectivity index is 2.69. The standard InChI is InChI=1S/C14H26O/c1-11(12(2)15)7-10-14(5)9-6-8-13(14,3)4/h7,12,15H,6,8-10H2,1-5H3/b11-7+. The van der Waals surface area contributed by atoms with E-state index in [0.29, 0.717) is 10.8 Å². The van der Waals surface area contributed by atoms with E-state index in [1.54, 1.807) is 0 Å². The van der Waals surface area contributed by atoms with Crippen LogP contribution in [0.25, 0.3) is 0 Å². The molecule has 88 valence electrons. The summed E-state index contributed by atoms with van der Waals surface area (Å²) in [5.41, 5.74) is 1.98. The van der Waals surface area contributed by atoms with Crippen molar-refractivity contribution < 1.29 is 5.11 Å². The first-order chi connectivity index (χ1) is 6.78. The molecule has 1 rings (SSSR count). The average Bonchev–Trinajstić information content (AvgIpc) is 2.38. The molecule has 15 heavy (non-hydrogen) atoms. The summed E-state index contributed by atoms with van der Waals surface area (Å²) >= 11 is 0. The number of hydrogen-bond donors (Lipinski definition) is 1. The van der Waals surface area contributed by atoms with Crippen molar-refractivity contribution in [1.29, 1.82) is 0 Å². The first kappa shape index (κ1) is 12.8. The van der Waals surface area contributed by atoms with E-state index >= 15 is 0 Å². The summed E-state index contributed by atoms with van der Waals surface area (Å²) in [7, 11) is 0. The highest BCUT2D eigenvalue weighted by Gasteiger charge is 2.43. The fourth-order valence-corrected chi connectivity index (χ4v) is 2.50. The molecule has 0 aromatic rings. The normalized spacial score (nSPS) is 33.1. The smallest absolute Gasteiger partial charge is 0.0719 e. The topological polar surface area (TPSA) is 20.2 Å². The highest BCUT2D eigenvalue weighted by molar-refractivity contribution is 5.07. The Bertz CT molecular complexity index is 250. The molecule has 0 aromatic heterocycles. The lowest BCUT2D eigenvalue weighted by Crippen LogP contribution is -2.29. The second kappa shape index (κ2) is 4.29. The molecular weight excluding hydrogens is 184 g/mol. The Morgan fingerprint density at radius 3 is 2.33 bits per heavy atom. The third-order valence-electron chi connectivity index (χ3n) is 4.70. The molecule has 1 nitrogen and oxygen atoms in total. The molecular formula is C14H26O. The summed E-state index contributed by atoms with van der Waals surface area (Å²) in [4.78, 5) is 0. The van der Waals surface area contributed by atoms with Crippen LogP contribution >= 0.6 is 0 Å². The van der Waals surface area contributed by atoms with Gasteiger partial charge in [0.15, 0.2) is 0 Å². The highest BCUT2D eigenvalue weighted by Crippen LogP contribution is 2.54. The lowest BCUT2D eigenvalue weighted by Gasteiger charge is -2.38. The SMILES string of the molecule is C/C(=C\CC1(C)CCCC1(C)C)C(C)O. The number of aliphatic hydroxyl groups excluding tert-OH is 1. The number of aliphatic hydroxyl groups is 1. The second-order valence-electron chi connectivity index (χ2n) is 6.13. The lowest BCUT2D eigenvalue weighted by atomic mass is 9.67. The van der Waals surface area contributed by atoms with Gasteiger partial charge in [-0.1, -0.05) is 33.3 Å². The molecule has 2 atom stereocenters. The first-order valence-electron chi connectivity index (χ1n) is 6.13. The van der Waals surface area contributed by atoms with Crippen molar-refractivity contribution in [1.82, 2.24) is 0 Å². The Kier molecular flexibility index (Phi) is 3.65. The molecule has 1 saturated carbocycles. The number of hydrogen-bond acceptors (Lipinski definition) is 1. The van der Waals surface area contributed by atoms with Gasteiger partial charge in [-0.3, -0.25) is 0 Å². The molecule has 0 aromatic carbocycles. The maximum atomic E-state index is 9.44. The molecule has 2 unspecified atom stereocenters. The molecule has 0 bridgehead atoms. The third-order valence-corrected chi connectivity index (χ3v) is 4.70. The van der Waals surface area contributed by atoms with E-state index < -0.39 is 0 Å². The van der Waals surface area contributed by atoms with Gasteiger partial charge in [-0.25, -0.2) is 0 Å². The Hall–Kier alpha value is -0.300. The van der Waals surface area contributed by atoms with E-state index in [-0.39, 0.29) is 6.10 Å². The molecule has 0 saturated heterocycles. The van der Waals surface area contributed by atoms with Gasteiger partial charge in [-0.05, 0) is 49.5 Å². The van der Waals surface area contributed by atoms with Gasteiger partial charge in [0.25, 0.3) is 0 Å². The van der Waals surface area contributed by atoms with Crippen molar-refractivity contribution in [3.05, 3.63) is 11.6 Å². The molecule has 0 spiro atoms. The van der Waals surface area contributed by atoms with Gasteiger partial charge in [-0.15, -0.1) is 0 Å². The van der Waals surface area contributed by atoms with Gasteiger partial charge in [0.2, 0.25) is 0 Å². The van der Waals surface area contributed by atoms with Crippen molar-refractivity contribution in [2.45, 2.75) is 66.4 Å². The van der Waals surface area contributed by atoms with Crippen LogP contribution < -0.4 is 0 Å². The molecule has 1 heteroatoms. The van der Waals surface area contributed by atoms with E-state index in [1.807, 2.05) is 13.8 Å². The Morgan fingerprint density at radius 1 is 1.33 bits per heavy atom. The maximum Gasteiger partial charge on any atom is 0.0719 e. The molecule has 0 radical (unpaired) electrons. The summed E-state index contributed by atoms with van der Waals surface area (Å²) in [5.74, 6) is 0. The molecule has 1 aliphatic carbocycles. The van der Waals surface area contributed by atoms with Gasteiger partial charge in [0.1, 0.15) is 0 Å². The summed E-state index contributed by atoms with van der Waals surface area (Å²) in [6.45, 7) is 11.0. The van der Waals surface area contributed by atoms with E-state index in [4.69, 9.17) is 0 Å². The zero-order chi connectivity index (χ0) is 11.7. The third kappa shape index (κ3) is 2.63. The quantitative estimate of drug-likeness (QED) is 0.700. The van der Waals surface area contributed by atoms with Crippen molar-refractivity contribution in [3.8, 4) is 0 Å². The predicted molar refractivity (Wildman–Crippen MR) is 65.8 cm³/mol. The Morgan fingerprint density at radius 2 is 1.93 bits per heavy atom. The van der Waals surface area contributed by atoms with Crippen molar-refractivity contribution in [2.75, 3.05) is 0 Å². The molecule has 1 N–H and O–H groups in total. The number of allylic oxidation sites excluding steroid dienone is 1. The summed E-state index contributed by atoms with van der Waals surface area (Å²) in [6, 6.07) is 0. The first-order valence-corrected chi connectivity index (χ1v) is 6.13. The van der Waals surface area contributed by atoms with E-state index in [9.17, 15) is 5.11 Å². The molecule has 0 aliphatic heterocycles. The minimum absolute atomic E-state index is 0.293. The summed E-state index contributed by atoms with van der Waals surface area (Å²) in [6.07, 6.45) is 7.06. The van der Waals surface area contributed by atoms with Crippen LogP contribution in [0.2, 0.25) is 0 Å². The summed E-state index contributed by atoms with van der Waals surface area (Å²) in [5, 5.41) is 9.44. The lowest BCUT2D eigenvalue weighted by molar-refractivity contribution is 0.134. The molecule has 0 amide bonds. The van der Waals surface area contributed by atoms with Crippen LogP contribution in [0.5, 0.6) is 0 Å². The van der Waals surface area contributed by atoms with Gasteiger partial charge in [0.05, 0.1) is 6.10 Å². The van der Waals surface area contributed by atoms with Gasteiger partial charge < -0.3 is 5.11 Å². The molecule has 0 heterocycles. The Labute approximate surface area is 94.6 Å². The van der Waals surface area contributed by atoms with E-state index in [0.717, 1.165) is 12.0 Å². The van der Waals surface area contributed by atoms with Crippen molar-refractivity contribution in [2.24, 2.45) is 10.8 Å². The number of rotatable bonds is 3. The van der Waals surface area contributed by atoms with Crippen molar-refractivity contribution in [3.63, 3.8) is 0 Å². The van der Waals surface area contributed by atoms with Gasteiger partial charge >= 0.3 is 0 Å². The monoisotopic (exact) mass is 210 g/mol. The van der Waals surface area contributed by atoms with Crippen molar-refractivity contribution >= 4 is 0 Å². The fourth-order valence-electron chi connectivity index (χ4n) is 2.50. The van der Waals surface area contributed by atoms with Crippen LogP contribution in [0.1, 0.15) is 60.3 Å². The van der Waals surface area contributed by atoms with Crippen LogP contribution in [0.4, 0.5) is 0 Å². The van der Waals surface area contributed by atoms with Crippen LogP contribution in [0, 0.1) is 10.8 Å². The van der Waals surface area contributed by atoms with Gasteiger partial charge in [0, 0.05) is 0 Å².